The van der Waals surface area contributed by atoms with E-state index in [1.54, 1.807) is 23.2 Å². The third kappa shape index (κ3) is 5.34. The third-order valence-corrected chi connectivity index (χ3v) is 5.27. The van der Waals surface area contributed by atoms with E-state index in [1.165, 1.54) is 12.1 Å². The Labute approximate surface area is 176 Å². The molecule has 1 aromatic heterocycles. The molecule has 2 heterocycles. The molecular formula is C23H28FN3O3. The summed E-state index contributed by atoms with van der Waals surface area (Å²) in [6.45, 7) is 6.52. The fourth-order valence-corrected chi connectivity index (χ4v) is 3.63. The first kappa shape index (κ1) is 21.7. The molecular weight excluding hydrogens is 385 g/mol. The lowest BCUT2D eigenvalue weighted by Crippen LogP contribution is -2.44. The Hall–Kier alpha value is -2.96. The zero-order valence-corrected chi connectivity index (χ0v) is 17.6. The highest BCUT2D eigenvalue weighted by molar-refractivity contribution is 5.80. The van der Waals surface area contributed by atoms with Gasteiger partial charge in [0, 0.05) is 25.2 Å². The zero-order chi connectivity index (χ0) is 21.7. The van der Waals surface area contributed by atoms with Crippen LogP contribution >= 0.6 is 0 Å². The number of aromatic nitrogens is 1. The smallest absolute Gasteiger partial charge is 0.410 e. The van der Waals surface area contributed by atoms with Crippen molar-refractivity contribution in [2.75, 3.05) is 13.1 Å². The van der Waals surface area contributed by atoms with Gasteiger partial charge in [0.2, 0.25) is 5.91 Å². The van der Waals surface area contributed by atoms with Crippen molar-refractivity contribution in [3.8, 4) is 0 Å². The summed E-state index contributed by atoms with van der Waals surface area (Å²) in [5, 5.41) is 3.10. The number of nitrogens with one attached hydrogen (secondary N) is 1. The molecule has 0 saturated carbocycles. The number of carbonyl (C=O) groups is 2. The fourth-order valence-electron chi connectivity index (χ4n) is 3.63. The van der Waals surface area contributed by atoms with Crippen LogP contribution in [-0.4, -0.2) is 41.1 Å². The van der Waals surface area contributed by atoms with Crippen LogP contribution in [0.4, 0.5) is 9.18 Å². The van der Waals surface area contributed by atoms with Crippen LogP contribution < -0.4 is 5.32 Å². The van der Waals surface area contributed by atoms with Gasteiger partial charge in [0.15, 0.2) is 0 Å². The molecule has 0 aliphatic carbocycles. The average Bonchev–Trinajstić information content (AvgIpc) is 2.73. The number of amides is 2. The standard InChI is InChI=1S/C23H28FN3O3/c1-15(2)30-23(29)27-13-10-18(11-14-27)22(28)26-21(17-6-8-19(24)9-7-17)20-16(3)5-4-12-25-20/h4-9,12,15,18,21H,10-11,13-14H2,1-3H3,(H,26,28). The van der Waals surface area contributed by atoms with Gasteiger partial charge in [-0.15, -0.1) is 0 Å². The van der Waals surface area contributed by atoms with Crippen LogP contribution in [0.2, 0.25) is 0 Å². The molecule has 0 bridgehead atoms. The fraction of sp³-hybridized carbons (Fsp3) is 0.435. The second-order valence-electron chi connectivity index (χ2n) is 7.89. The first-order valence-corrected chi connectivity index (χ1v) is 10.3. The predicted octanol–water partition coefficient (Wildman–Crippen LogP) is 3.99. The van der Waals surface area contributed by atoms with Crippen LogP contribution in [0.25, 0.3) is 0 Å². The summed E-state index contributed by atoms with van der Waals surface area (Å²) >= 11 is 0. The molecule has 3 rings (SSSR count). The summed E-state index contributed by atoms with van der Waals surface area (Å²) in [6.07, 6.45) is 2.31. The lowest BCUT2D eigenvalue weighted by molar-refractivity contribution is -0.127. The highest BCUT2D eigenvalue weighted by Crippen LogP contribution is 2.26. The van der Waals surface area contributed by atoms with Crippen LogP contribution in [0.5, 0.6) is 0 Å². The van der Waals surface area contributed by atoms with Crippen molar-refractivity contribution < 1.29 is 18.7 Å². The van der Waals surface area contributed by atoms with Crippen LogP contribution in [0.15, 0.2) is 42.6 Å². The monoisotopic (exact) mass is 413 g/mol. The van der Waals surface area contributed by atoms with Crippen molar-refractivity contribution in [2.45, 2.75) is 45.8 Å². The van der Waals surface area contributed by atoms with E-state index in [9.17, 15) is 14.0 Å². The number of pyridine rings is 1. The van der Waals surface area contributed by atoms with Gasteiger partial charge < -0.3 is 15.0 Å². The van der Waals surface area contributed by atoms with Crippen LogP contribution in [-0.2, 0) is 9.53 Å². The second kappa shape index (κ2) is 9.69. The Kier molecular flexibility index (Phi) is 7.03. The van der Waals surface area contributed by atoms with Gasteiger partial charge in [-0.1, -0.05) is 18.2 Å². The maximum Gasteiger partial charge on any atom is 0.410 e. The zero-order valence-electron chi connectivity index (χ0n) is 17.6. The molecule has 30 heavy (non-hydrogen) atoms. The molecule has 6 nitrogen and oxygen atoms in total. The van der Waals surface area contributed by atoms with E-state index in [0.717, 1.165) is 16.8 Å². The molecule has 160 valence electrons. The number of halogens is 1. The summed E-state index contributed by atoms with van der Waals surface area (Å²) in [4.78, 5) is 31.2. The molecule has 1 aliphatic rings. The van der Waals surface area contributed by atoms with Crippen LogP contribution in [0.1, 0.15) is 49.6 Å². The minimum atomic E-state index is -0.469. The molecule has 1 fully saturated rings. The molecule has 1 N–H and O–H groups in total. The highest BCUT2D eigenvalue weighted by Gasteiger charge is 2.30. The Bertz CT molecular complexity index is 878. The van der Waals surface area contributed by atoms with E-state index in [4.69, 9.17) is 4.74 Å². The van der Waals surface area contributed by atoms with Gasteiger partial charge in [0.05, 0.1) is 17.8 Å². The number of benzene rings is 1. The molecule has 2 amide bonds. The number of ether oxygens (including phenoxy) is 1. The number of likely N-dealkylation sites (tertiary alicyclic amines) is 1. The predicted molar refractivity (Wildman–Crippen MR) is 111 cm³/mol. The maximum absolute atomic E-state index is 13.4. The summed E-state index contributed by atoms with van der Waals surface area (Å²) in [5.74, 6) is -0.631. The SMILES string of the molecule is Cc1cccnc1C(NC(=O)C1CCN(C(=O)OC(C)C)CC1)c1ccc(F)cc1. The van der Waals surface area contributed by atoms with Crippen molar-refractivity contribution in [3.05, 3.63) is 65.2 Å². The van der Waals surface area contributed by atoms with Gasteiger partial charge >= 0.3 is 6.09 Å². The number of nitrogens with zero attached hydrogens (tertiary/aromatic N) is 2. The number of hydrogen-bond donors (Lipinski definition) is 1. The van der Waals surface area contributed by atoms with Gasteiger partial charge in [0.25, 0.3) is 0 Å². The molecule has 7 heteroatoms. The summed E-state index contributed by atoms with van der Waals surface area (Å²) in [5.41, 5.74) is 2.44. The van der Waals surface area contributed by atoms with E-state index in [2.05, 4.69) is 10.3 Å². The van der Waals surface area contributed by atoms with Crippen LogP contribution in [0, 0.1) is 18.7 Å². The molecule has 0 radical (unpaired) electrons. The minimum Gasteiger partial charge on any atom is -0.447 e. The Morgan fingerprint density at radius 3 is 2.43 bits per heavy atom. The number of carbonyl (C=O) groups excluding carboxylic acids is 2. The van der Waals surface area contributed by atoms with Crippen molar-refractivity contribution >= 4 is 12.0 Å². The number of aryl methyl sites for hydroxylation is 1. The average molecular weight is 413 g/mol. The van der Waals surface area contributed by atoms with Gasteiger partial charge in [-0.25, -0.2) is 9.18 Å². The van der Waals surface area contributed by atoms with E-state index in [-0.39, 0.29) is 29.8 Å². The summed E-state index contributed by atoms with van der Waals surface area (Å²) < 4.78 is 18.7. The second-order valence-corrected chi connectivity index (χ2v) is 7.89. The normalized spacial score (nSPS) is 15.7. The quantitative estimate of drug-likeness (QED) is 0.805. The Morgan fingerprint density at radius 1 is 1.17 bits per heavy atom. The van der Waals surface area contributed by atoms with Crippen molar-refractivity contribution in [1.82, 2.24) is 15.2 Å². The molecule has 1 saturated heterocycles. The molecule has 0 spiro atoms. The van der Waals surface area contributed by atoms with Gasteiger partial charge in [-0.05, 0) is 62.9 Å². The maximum atomic E-state index is 13.4. The van der Waals surface area contributed by atoms with E-state index < -0.39 is 6.04 Å². The topological polar surface area (TPSA) is 71.5 Å². The first-order valence-electron chi connectivity index (χ1n) is 10.3. The first-order chi connectivity index (χ1) is 14.3. The van der Waals surface area contributed by atoms with E-state index in [0.29, 0.717) is 25.9 Å². The van der Waals surface area contributed by atoms with Gasteiger partial charge in [-0.2, -0.15) is 0 Å². The van der Waals surface area contributed by atoms with E-state index in [1.807, 2.05) is 32.9 Å². The van der Waals surface area contributed by atoms with Gasteiger partial charge in [0.1, 0.15) is 5.82 Å². The Morgan fingerprint density at radius 2 is 1.83 bits per heavy atom. The molecule has 1 atom stereocenters. The number of piperidine rings is 1. The molecule has 1 aliphatic heterocycles. The third-order valence-electron chi connectivity index (χ3n) is 5.27. The Balaban J connectivity index is 1.71. The lowest BCUT2D eigenvalue weighted by atomic mass is 9.94. The number of rotatable bonds is 5. The van der Waals surface area contributed by atoms with Crippen molar-refractivity contribution in [1.29, 1.82) is 0 Å². The van der Waals surface area contributed by atoms with E-state index >= 15 is 0 Å². The summed E-state index contributed by atoms with van der Waals surface area (Å²) in [6, 6.07) is 9.40. The van der Waals surface area contributed by atoms with Crippen molar-refractivity contribution in [3.63, 3.8) is 0 Å². The van der Waals surface area contributed by atoms with Gasteiger partial charge in [-0.3, -0.25) is 9.78 Å². The lowest BCUT2D eigenvalue weighted by Gasteiger charge is -2.32. The van der Waals surface area contributed by atoms with Crippen LogP contribution in [0.3, 0.4) is 0 Å². The largest absolute Gasteiger partial charge is 0.447 e. The minimum absolute atomic E-state index is 0.0914. The number of hydrogen-bond acceptors (Lipinski definition) is 4. The molecule has 1 unspecified atom stereocenters. The highest BCUT2D eigenvalue weighted by atomic mass is 19.1. The molecule has 2 aromatic rings. The summed E-state index contributed by atoms with van der Waals surface area (Å²) in [7, 11) is 0. The van der Waals surface area contributed by atoms with Crippen molar-refractivity contribution in [2.24, 2.45) is 5.92 Å². The molecule has 1 aromatic carbocycles.